The van der Waals surface area contributed by atoms with Crippen LogP contribution < -0.4 is 5.32 Å². The molecular weight excluding hydrogens is 511 g/mol. The number of nitrogens with zero attached hydrogens (tertiary/aromatic N) is 1. The lowest BCUT2D eigenvalue weighted by atomic mass is 10.2. The highest BCUT2D eigenvalue weighted by molar-refractivity contribution is 7.21. The highest BCUT2D eigenvalue weighted by atomic mass is 35.5. The van der Waals surface area contributed by atoms with E-state index in [1.54, 1.807) is 53.8 Å². The van der Waals surface area contributed by atoms with Gasteiger partial charge in [0.05, 0.1) is 25.3 Å². The fraction of sp³-hybridized carbons (Fsp3) is 0. The molecule has 1 amide bonds. The van der Waals surface area contributed by atoms with Gasteiger partial charge in [0.1, 0.15) is 16.5 Å². The van der Waals surface area contributed by atoms with E-state index in [0.29, 0.717) is 37.8 Å². The van der Waals surface area contributed by atoms with Crippen LogP contribution in [0.2, 0.25) is 15.1 Å². The Balaban J connectivity index is 1.28. The first-order valence-corrected chi connectivity index (χ1v) is 12.1. The first-order chi connectivity index (χ1) is 16.5. The van der Waals surface area contributed by atoms with Crippen LogP contribution in [0.5, 0.6) is 0 Å². The number of carbonyl (C=O) groups is 1. The van der Waals surface area contributed by atoms with Gasteiger partial charge in [-0.3, -0.25) is 4.79 Å². The third-order valence-electron chi connectivity index (χ3n) is 5.00. The second-order valence-electron chi connectivity index (χ2n) is 7.31. The average Bonchev–Trinajstić information content (AvgIpc) is 3.46. The number of rotatable bonds is 5. The van der Waals surface area contributed by atoms with Crippen LogP contribution >= 0.6 is 46.1 Å². The van der Waals surface area contributed by atoms with Gasteiger partial charge in [0.15, 0.2) is 0 Å². The third-order valence-corrected chi connectivity index (χ3v) is 7.21. The maximum absolute atomic E-state index is 12.4. The van der Waals surface area contributed by atoms with Crippen LogP contribution in [0, 0.1) is 0 Å². The minimum absolute atomic E-state index is 0.317. The number of anilines is 1. The zero-order valence-electron chi connectivity index (χ0n) is 17.4. The molecule has 0 bridgehead atoms. The lowest BCUT2D eigenvalue weighted by Gasteiger charge is -2.05. The number of halogens is 3. The number of carbonyl (C=O) groups excluding carboxylic acids is 1. The summed E-state index contributed by atoms with van der Waals surface area (Å²) in [5.41, 5.74) is 3.01. The molecule has 34 heavy (non-hydrogen) atoms. The first-order valence-electron chi connectivity index (χ1n) is 10.2. The van der Waals surface area contributed by atoms with Gasteiger partial charge < -0.3 is 9.73 Å². The van der Waals surface area contributed by atoms with Crippen LogP contribution in [0.1, 0.15) is 5.76 Å². The lowest BCUT2D eigenvalue weighted by molar-refractivity contribution is -0.111. The van der Waals surface area contributed by atoms with Crippen molar-refractivity contribution in [3.8, 4) is 21.9 Å². The number of amides is 1. The zero-order valence-corrected chi connectivity index (χ0v) is 20.5. The van der Waals surface area contributed by atoms with Crippen molar-refractivity contribution in [3.63, 3.8) is 0 Å². The minimum Gasteiger partial charge on any atom is -0.457 e. The van der Waals surface area contributed by atoms with Gasteiger partial charge in [-0.2, -0.15) is 0 Å². The van der Waals surface area contributed by atoms with Crippen molar-refractivity contribution < 1.29 is 9.21 Å². The van der Waals surface area contributed by atoms with E-state index >= 15 is 0 Å². The maximum atomic E-state index is 12.4. The van der Waals surface area contributed by atoms with E-state index in [1.807, 2.05) is 36.4 Å². The van der Waals surface area contributed by atoms with E-state index in [2.05, 4.69) is 10.3 Å². The van der Waals surface area contributed by atoms with Crippen molar-refractivity contribution in [2.45, 2.75) is 0 Å². The number of hydrogen-bond donors (Lipinski definition) is 1. The smallest absolute Gasteiger partial charge is 0.248 e. The summed E-state index contributed by atoms with van der Waals surface area (Å²) in [6, 6.07) is 22.1. The fourth-order valence-electron chi connectivity index (χ4n) is 3.38. The van der Waals surface area contributed by atoms with E-state index < -0.39 is 0 Å². The summed E-state index contributed by atoms with van der Waals surface area (Å²) in [5.74, 6) is 0.748. The van der Waals surface area contributed by atoms with Crippen LogP contribution in [-0.4, -0.2) is 10.9 Å². The molecule has 0 saturated heterocycles. The van der Waals surface area contributed by atoms with Crippen LogP contribution in [-0.2, 0) is 4.79 Å². The number of furan rings is 1. The molecule has 0 spiro atoms. The molecule has 4 nitrogen and oxygen atoms in total. The monoisotopic (exact) mass is 524 g/mol. The van der Waals surface area contributed by atoms with Crippen LogP contribution in [0.3, 0.4) is 0 Å². The molecule has 3 aromatic carbocycles. The van der Waals surface area contributed by atoms with Crippen LogP contribution in [0.4, 0.5) is 5.69 Å². The Kier molecular flexibility index (Phi) is 6.44. The fourth-order valence-corrected chi connectivity index (χ4v) is 5.10. The molecule has 168 valence electrons. The highest BCUT2D eigenvalue weighted by Gasteiger charge is 2.12. The molecule has 0 fully saturated rings. The topological polar surface area (TPSA) is 55.1 Å². The van der Waals surface area contributed by atoms with Crippen molar-refractivity contribution in [1.82, 2.24) is 4.98 Å². The van der Waals surface area contributed by atoms with Crippen molar-refractivity contribution >= 4 is 74.0 Å². The summed E-state index contributed by atoms with van der Waals surface area (Å²) in [7, 11) is 0. The molecule has 2 heterocycles. The van der Waals surface area contributed by atoms with Gasteiger partial charge in [-0.1, -0.05) is 53.0 Å². The molecule has 0 aliphatic rings. The van der Waals surface area contributed by atoms with Crippen molar-refractivity contribution in [1.29, 1.82) is 0 Å². The number of thiazole rings is 1. The number of aromatic nitrogens is 1. The van der Waals surface area contributed by atoms with Gasteiger partial charge >= 0.3 is 0 Å². The minimum atomic E-state index is -0.317. The zero-order chi connectivity index (χ0) is 23.7. The summed E-state index contributed by atoms with van der Waals surface area (Å²) in [5, 5.41) is 5.01. The summed E-state index contributed by atoms with van der Waals surface area (Å²) in [4.78, 5) is 17.1. The number of hydrogen-bond acceptors (Lipinski definition) is 4. The van der Waals surface area contributed by atoms with E-state index in [1.165, 1.54) is 6.08 Å². The Bertz CT molecular complexity index is 1520. The molecule has 8 heteroatoms. The summed E-state index contributed by atoms with van der Waals surface area (Å²) >= 11 is 20.4. The third kappa shape index (κ3) is 4.74. The Labute approximate surface area is 214 Å². The predicted octanol–water partition coefficient (Wildman–Crippen LogP) is 8.84. The average molecular weight is 526 g/mol. The second kappa shape index (κ2) is 9.65. The molecule has 0 atom stereocenters. The predicted molar refractivity (Wildman–Crippen MR) is 142 cm³/mol. The molecular formula is C26H15Cl3N2O2S. The van der Waals surface area contributed by atoms with E-state index in [0.717, 1.165) is 20.8 Å². The van der Waals surface area contributed by atoms with Gasteiger partial charge in [0.25, 0.3) is 0 Å². The Morgan fingerprint density at radius 3 is 2.59 bits per heavy atom. The van der Waals surface area contributed by atoms with Gasteiger partial charge in [0, 0.05) is 22.9 Å². The van der Waals surface area contributed by atoms with Gasteiger partial charge in [-0.25, -0.2) is 4.98 Å². The van der Waals surface area contributed by atoms with Crippen LogP contribution in [0.25, 0.3) is 38.2 Å². The second-order valence-corrected chi connectivity index (χ2v) is 9.53. The van der Waals surface area contributed by atoms with E-state index in [9.17, 15) is 4.79 Å². The number of benzene rings is 3. The summed E-state index contributed by atoms with van der Waals surface area (Å²) < 4.78 is 6.87. The molecule has 5 aromatic rings. The molecule has 0 unspecified atom stereocenters. The summed E-state index contributed by atoms with van der Waals surface area (Å²) in [6.07, 6.45) is 2.96. The molecule has 0 saturated carbocycles. The van der Waals surface area contributed by atoms with E-state index in [4.69, 9.17) is 39.2 Å². The standard InChI is InChI=1S/C26H15Cl3N2O2S/c27-19-5-3-4-18(25(19)29)22-12-9-16(33-22)10-13-24(32)30-15-8-11-17(20(28)14-15)26-31-21-6-1-2-7-23(21)34-26/h1-14H,(H,30,32). The van der Waals surface area contributed by atoms with Crippen LogP contribution in [0.15, 0.2) is 83.3 Å². The molecule has 1 N–H and O–H groups in total. The molecule has 0 aliphatic heterocycles. The Hall–Kier alpha value is -3.09. The lowest BCUT2D eigenvalue weighted by Crippen LogP contribution is -2.07. The highest BCUT2D eigenvalue weighted by Crippen LogP contribution is 2.36. The van der Waals surface area contributed by atoms with Gasteiger partial charge in [-0.05, 0) is 60.7 Å². The quantitative estimate of drug-likeness (QED) is 0.233. The first kappa shape index (κ1) is 22.7. The summed E-state index contributed by atoms with van der Waals surface area (Å²) in [6.45, 7) is 0. The number of fused-ring (bicyclic) bond motifs is 1. The SMILES string of the molecule is O=C(C=Cc1ccc(-c2cccc(Cl)c2Cl)o1)Nc1ccc(-c2nc3ccccc3s2)c(Cl)c1. The Morgan fingerprint density at radius 2 is 1.76 bits per heavy atom. The number of para-hydroxylation sites is 1. The van der Waals surface area contributed by atoms with Crippen molar-refractivity contribution in [3.05, 3.63) is 99.7 Å². The van der Waals surface area contributed by atoms with Crippen molar-refractivity contribution in [2.24, 2.45) is 0 Å². The molecule has 0 radical (unpaired) electrons. The maximum Gasteiger partial charge on any atom is 0.248 e. The normalized spacial score (nSPS) is 11.4. The van der Waals surface area contributed by atoms with Crippen molar-refractivity contribution in [2.75, 3.05) is 5.32 Å². The van der Waals surface area contributed by atoms with E-state index in [-0.39, 0.29) is 5.91 Å². The van der Waals surface area contributed by atoms with Gasteiger partial charge in [0.2, 0.25) is 5.91 Å². The Morgan fingerprint density at radius 1 is 0.912 bits per heavy atom. The largest absolute Gasteiger partial charge is 0.457 e. The molecule has 0 aliphatic carbocycles. The molecule has 5 rings (SSSR count). The van der Waals surface area contributed by atoms with Gasteiger partial charge in [-0.15, -0.1) is 11.3 Å². The number of nitrogens with one attached hydrogen (secondary N) is 1. The molecule has 2 aromatic heterocycles.